The van der Waals surface area contributed by atoms with Crippen LogP contribution in [0.2, 0.25) is 0 Å². The Balaban J connectivity index is 1.67. The molecule has 3 rings (SSSR count). The van der Waals surface area contributed by atoms with Crippen molar-refractivity contribution in [2.75, 3.05) is 32.9 Å². The van der Waals surface area contributed by atoms with E-state index in [0.717, 1.165) is 5.56 Å². The van der Waals surface area contributed by atoms with E-state index in [1.807, 2.05) is 42.2 Å². The number of morpholine rings is 1. The lowest BCUT2D eigenvalue weighted by atomic mass is 10.00. The fourth-order valence-corrected chi connectivity index (χ4v) is 3.01. The van der Waals surface area contributed by atoms with Crippen LogP contribution in [0.1, 0.15) is 25.3 Å². The minimum absolute atomic E-state index is 0.0405. The zero-order chi connectivity index (χ0) is 15.4. The van der Waals surface area contributed by atoms with Crippen LogP contribution in [0, 0.1) is 0 Å². The van der Waals surface area contributed by atoms with E-state index < -0.39 is 5.79 Å². The first kappa shape index (κ1) is 15.5. The molecule has 0 aliphatic carbocycles. The summed E-state index contributed by atoms with van der Waals surface area (Å²) in [4.78, 5) is 14.2. The van der Waals surface area contributed by atoms with Gasteiger partial charge in [-0.05, 0) is 6.92 Å². The monoisotopic (exact) mass is 305 g/mol. The van der Waals surface area contributed by atoms with Crippen molar-refractivity contribution in [2.24, 2.45) is 0 Å². The summed E-state index contributed by atoms with van der Waals surface area (Å²) in [6, 6.07) is 9.90. The summed E-state index contributed by atoms with van der Waals surface area (Å²) in [5.41, 5.74) is 0.981. The molecule has 2 atom stereocenters. The molecule has 2 saturated heterocycles. The third-order valence-electron chi connectivity index (χ3n) is 4.19. The highest BCUT2D eigenvalue weighted by molar-refractivity contribution is 5.76. The molecule has 0 bridgehead atoms. The first-order valence-corrected chi connectivity index (χ1v) is 7.92. The summed E-state index contributed by atoms with van der Waals surface area (Å²) in [7, 11) is 0. The molecule has 5 heteroatoms. The second kappa shape index (κ2) is 6.77. The maximum Gasteiger partial charge on any atom is 0.222 e. The highest BCUT2D eigenvalue weighted by atomic mass is 16.7. The zero-order valence-electron chi connectivity index (χ0n) is 13.0. The molecule has 2 aliphatic heterocycles. The quantitative estimate of drug-likeness (QED) is 0.852. The van der Waals surface area contributed by atoms with Crippen LogP contribution in [0.15, 0.2) is 30.3 Å². The third-order valence-corrected chi connectivity index (χ3v) is 4.19. The molecule has 1 aromatic rings. The Bertz CT molecular complexity index is 501. The van der Waals surface area contributed by atoms with Crippen LogP contribution in [0.3, 0.4) is 0 Å². The van der Waals surface area contributed by atoms with E-state index in [0.29, 0.717) is 45.8 Å². The molecule has 120 valence electrons. The largest absolute Gasteiger partial charge is 0.378 e. The Morgan fingerprint density at radius 2 is 2.00 bits per heavy atom. The molecular formula is C17H23NO4. The standard InChI is InChI=1S/C17H23NO4/c1-14-13-21-17(22-14,15-5-3-2-4-6-15)8-7-16(19)18-9-11-20-12-10-18/h2-6,14H,7-13H2,1H3. The van der Waals surface area contributed by atoms with Gasteiger partial charge in [0.25, 0.3) is 0 Å². The smallest absolute Gasteiger partial charge is 0.222 e. The van der Waals surface area contributed by atoms with E-state index in [4.69, 9.17) is 14.2 Å². The maximum atomic E-state index is 12.4. The van der Waals surface area contributed by atoms with Gasteiger partial charge in [-0.2, -0.15) is 0 Å². The summed E-state index contributed by atoms with van der Waals surface area (Å²) < 4.78 is 17.3. The molecule has 1 amide bonds. The van der Waals surface area contributed by atoms with Crippen LogP contribution in [0.4, 0.5) is 0 Å². The van der Waals surface area contributed by atoms with E-state index >= 15 is 0 Å². The van der Waals surface area contributed by atoms with E-state index in [9.17, 15) is 4.79 Å². The van der Waals surface area contributed by atoms with Crippen LogP contribution in [0.25, 0.3) is 0 Å². The van der Waals surface area contributed by atoms with Crippen LogP contribution in [-0.4, -0.2) is 49.8 Å². The number of hydrogen-bond acceptors (Lipinski definition) is 4. The average Bonchev–Trinajstić information content (AvgIpc) is 2.97. The predicted octanol–water partition coefficient (Wildman–Crippen LogP) is 1.91. The topological polar surface area (TPSA) is 48.0 Å². The molecule has 0 saturated carbocycles. The highest BCUT2D eigenvalue weighted by Crippen LogP contribution is 2.38. The minimum Gasteiger partial charge on any atom is -0.378 e. The summed E-state index contributed by atoms with van der Waals surface area (Å²) in [6.45, 7) is 5.15. The van der Waals surface area contributed by atoms with Crippen molar-refractivity contribution in [3.8, 4) is 0 Å². The van der Waals surface area contributed by atoms with Crippen LogP contribution in [0.5, 0.6) is 0 Å². The summed E-state index contributed by atoms with van der Waals surface area (Å²) in [5, 5.41) is 0. The molecule has 2 heterocycles. The summed E-state index contributed by atoms with van der Waals surface area (Å²) in [6.07, 6.45) is 0.998. The zero-order valence-corrected chi connectivity index (χ0v) is 13.0. The third kappa shape index (κ3) is 3.32. The van der Waals surface area contributed by atoms with Crippen molar-refractivity contribution >= 4 is 5.91 Å². The average molecular weight is 305 g/mol. The number of ether oxygens (including phenoxy) is 3. The molecule has 0 spiro atoms. The molecule has 5 nitrogen and oxygen atoms in total. The van der Waals surface area contributed by atoms with E-state index in [1.165, 1.54) is 0 Å². The van der Waals surface area contributed by atoms with E-state index in [2.05, 4.69) is 0 Å². The lowest BCUT2D eigenvalue weighted by Crippen LogP contribution is -2.41. The fourth-order valence-electron chi connectivity index (χ4n) is 3.01. The Morgan fingerprint density at radius 1 is 1.27 bits per heavy atom. The van der Waals surface area contributed by atoms with Gasteiger partial charge in [0.15, 0.2) is 5.79 Å². The van der Waals surface area contributed by atoms with Crippen molar-refractivity contribution in [3.05, 3.63) is 35.9 Å². The number of amides is 1. The number of hydrogen-bond donors (Lipinski definition) is 0. The van der Waals surface area contributed by atoms with Crippen molar-refractivity contribution in [1.82, 2.24) is 4.90 Å². The van der Waals surface area contributed by atoms with Crippen molar-refractivity contribution in [2.45, 2.75) is 31.7 Å². The lowest BCUT2D eigenvalue weighted by molar-refractivity contribution is -0.183. The van der Waals surface area contributed by atoms with Crippen molar-refractivity contribution in [1.29, 1.82) is 0 Å². The van der Waals surface area contributed by atoms with Gasteiger partial charge in [-0.1, -0.05) is 30.3 Å². The number of carbonyl (C=O) groups excluding carboxylic acids is 1. The lowest BCUT2D eigenvalue weighted by Gasteiger charge is -2.31. The van der Waals surface area contributed by atoms with Crippen molar-refractivity contribution < 1.29 is 19.0 Å². The van der Waals surface area contributed by atoms with E-state index in [1.54, 1.807) is 0 Å². The SMILES string of the molecule is CC1COC(CCC(=O)N2CCOCC2)(c2ccccc2)O1. The molecule has 1 aromatic carbocycles. The van der Waals surface area contributed by atoms with Gasteiger partial charge < -0.3 is 19.1 Å². The Kier molecular flexibility index (Phi) is 4.76. The molecule has 0 radical (unpaired) electrons. The number of rotatable bonds is 4. The first-order valence-electron chi connectivity index (χ1n) is 7.92. The first-order chi connectivity index (χ1) is 10.7. The Hall–Kier alpha value is -1.43. The van der Waals surface area contributed by atoms with Crippen molar-refractivity contribution in [3.63, 3.8) is 0 Å². The van der Waals surface area contributed by atoms with Crippen LogP contribution >= 0.6 is 0 Å². The van der Waals surface area contributed by atoms with Gasteiger partial charge in [0.2, 0.25) is 5.91 Å². The van der Waals surface area contributed by atoms with Gasteiger partial charge in [-0.25, -0.2) is 0 Å². The highest BCUT2D eigenvalue weighted by Gasteiger charge is 2.42. The molecule has 0 N–H and O–H groups in total. The Morgan fingerprint density at radius 3 is 2.64 bits per heavy atom. The van der Waals surface area contributed by atoms with Crippen LogP contribution in [-0.2, 0) is 24.8 Å². The second-order valence-corrected chi connectivity index (χ2v) is 5.85. The van der Waals surface area contributed by atoms with Crippen LogP contribution < -0.4 is 0 Å². The van der Waals surface area contributed by atoms with E-state index in [-0.39, 0.29) is 12.0 Å². The minimum atomic E-state index is -0.789. The Labute approximate surface area is 131 Å². The summed E-state index contributed by atoms with van der Waals surface area (Å²) in [5.74, 6) is -0.645. The van der Waals surface area contributed by atoms with Gasteiger partial charge in [-0.3, -0.25) is 4.79 Å². The van der Waals surface area contributed by atoms with Gasteiger partial charge in [0.1, 0.15) is 0 Å². The second-order valence-electron chi connectivity index (χ2n) is 5.85. The number of carbonyl (C=O) groups is 1. The predicted molar refractivity (Wildman–Crippen MR) is 81.3 cm³/mol. The molecule has 22 heavy (non-hydrogen) atoms. The fraction of sp³-hybridized carbons (Fsp3) is 0.588. The van der Waals surface area contributed by atoms with Gasteiger partial charge >= 0.3 is 0 Å². The maximum absolute atomic E-state index is 12.4. The van der Waals surface area contributed by atoms with Gasteiger partial charge in [0, 0.05) is 31.5 Å². The molecule has 2 fully saturated rings. The normalized spacial score (nSPS) is 28.8. The van der Waals surface area contributed by atoms with Gasteiger partial charge in [-0.15, -0.1) is 0 Å². The number of nitrogens with zero attached hydrogens (tertiary/aromatic N) is 1. The molecule has 2 unspecified atom stereocenters. The summed E-state index contributed by atoms with van der Waals surface area (Å²) >= 11 is 0. The number of benzene rings is 1. The molecule has 2 aliphatic rings. The molecule has 0 aromatic heterocycles. The molecular weight excluding hydrogens is 282 g/mol. The van der Waals surface area contributed by atoms with Gasteiger partial charge in [0.05, 0.1) is 25.9 Å².